The lowest BCUT2D eigenvalue weighted by molar-refractivity contribution is 0.797. The number of fused-ring (bicyclic) bond motifs is 13. The van der Waals surface area contributed by atoms with Crippen LogP contribution in [-0.2, 0) is 5.41 Å². The van der Waals surface area contributed by atoms with E-state index in [-0.39, 0.29) is 0 Å². The van der Waals surface area contributed by atoms with Crippen LogP contribution in [0.5, 0.6) is 0 Å². The lowest BCUT2D eigenvalue weighted by Gasteiger charge is -2.32. The predicted octanol–water partition coefficient (Wildman–Crippen LogP) is 12.1. The molecule has 0 N–H and O–H groups in total. The molecule has 1 atom stereocenters. The van der Waals surface area contributed by atoms with Gasteiger partial charge in [-0.25, -0.2) is 0 Å². The summed E-state index contributed by atoms with van der Waals surface area (Å²) in [4.78, 5) is 2.66. The Morgan fingerprint density at radius 1 is 0.348 bits per heavy atom. The highest BCUT2D eigenvalue weighted by Crippen LogP contribution is 2.65. The zero-order chi connectivity index (χ0) is 30.0. The van der Waals surface area contributed by atoms with Crippen molar-refractivity contribution in [2.75, 3.05) is 0 Å². The van der Waals surface area contributed by atoms with Crippen molar-refractivity contribution in [3.05, 3.63) is 180 Å². The van der Waals surface area contributed by atoms with E-state index in [2.05, 4.69) is 158 Å². The summed E-state index contributed by atoms with van der Waals surface area (Å²) in [5, 5.41) is 5.25. The molecule has 3 aliphatic rings. The smallest absolute Gasteiger partial charge is 0.0731 e. The van der Waals surface area contributed by atoms with Crippen molar-refractivity contribution in [1.82, 2.24) is 0 Å². The minimum Gasteiger partial charge on any atom is -0.0888 e. The summed E-state index contributed by atoms with van der Waals surface area (Å²) in [6, 6.07) is 59.5. The van der Waals surface area contributed by atoms with Gasteiger partial charge in [0.25, 0.3) is 0 Å². The quantitative estimate of drug-likeness (QED) is 0.181. The molecule has 0 saturated carbocycles. The average molecular weight is 599 g/mol. The zero-order valence-corrected chi connectivity index (χ0v) is 25.7. The van der Waals surface area contributed by atoms with Crippen LogP contribution in [0, 0.1) is 0 Å². The van der Waals surface area contributed by atoms with Crippen LogP contribution in [-0.4, -0.2) is 0 Å². The van der Waals surface area contributed by atoms with E-state index in [4.69, 9.17) is 0 Å². The van der Waals surface area contributed by atoms with Gasteiger partial charge in [-0.05, 0) is 107 Å². The standard InChI is InChI=1S/C45H26S/c1-2-11-29-25-40-37(24-28(29)10-1)33-15-4-6-20-39(33)45(40)38-19-5-3-14-32(38)36-18-9-16-31(44(36)45)30-22-23-34-35-17-7-12-27-13-8-21-41(43(27)35)46-42(34)26-30/h1-26H. The van der Waals surface area contributed by atoms with Crippen LogP contribution in [0.15, 0.2) is 168 Å². The number of rotatable bonds is 1. The highest BCUT2D eigenvalue weighted by molar-refractivity contribution is 7.99. The van der Waals surface area contributed by atoms with E-state index in [0.717, 1.165) is 0 Å². The van der Waals surface area contributed by atoms with E-state index in [1.165, 1.54) is 98.1 Å². The van der Waals surface area contributed by atoms with Gasteiger partial charge in [-0.1, -0.05) is 145 Å². The Balaban J connectivity index is 1.23. The Labute approximate surface area is 272 Å². The molecule has 0 aromatic heterocycles. The molecule has 11 rings (SSSR count). The van der Waals surface area contributed by atoms with Gasteiger partial charge in [0.1, 0.15) is 0 Å². The minimum atomic E-state index is -0.403. The molecule has 0 fully saturated rings. The molecule has 46 heavy (non-hydrogen) atoms. The maximum absolute atomic E-state index is 2.48. The molecule has 8 aromatic rings. The van der Waals surface area contributed by atoms with Crippen molar-refractivity contribution in [1.29, 1.82) is 0 Å². The predicted molar refractivity (Wildman–Crippen MR) is 193 cm³/mol. The molecular weight excluding hydrogens is 573 g/mol. The second-order valence-electron chi connectivity index (χ2n) is 12.8. The van der Waals surface area contributed by atoms with Gasteiger partial charge in [0.05, 0.1) is 5.41 Å². The molecule has 2 aliphatic carbocycles. The summed E-state index contributed by atoms with van der Waals surface area (Å²) in [7, 11) is 0. The van der Waals surface area contributed by atoms with E-state index in [9.17, 15) is 0 Å². The summed E-state index contributed by atoms with van der Waals surface area (Å²) in [6.45, 7) is 0. The van der Waals surface area contributed by atoms with Gasteiger partial charge in [0.15, 0.2) is 0 Å². The summed E-state index contributed by atoms with van der Waals surface area (Å²) in [6.07, 6.45) is 0. The van der Waals surface area contributed by atoms with Gasteiger partial charge in [-0.3, -0.25) is 0 Å². The molecule has 1 aliphatic heterocycles. The SMILES string of the molecule is c1ccc2c(c1)-c1cc3ccccc3cc1C21c2ccccc2-c2cccc(-c3ccc4c(c3)Sc3cccc5cccc-4c35)c21. The highest BCUT2D eigenvalue weighted by atomic mass is 32.2. The molecule has 0 saturated heterocycles. The van der Waals surface area contributed by atoms with Gasteiger partial charge in [-0.15, -0.1) is 0 Å². The third-order valence-corrected chi connectivity index (χ3v) is 11.8. The molecule has 0 radical (unpaired) electrons. The first-order chi connectivity index (χ1) is 22.8. The van der Waals surface area contributed by atoms with Crippen molar-refractivity contribution in [3.8, 4) is 44.5 Å². The summed E-state index contributed by atoms with van der Waals surface area (Å²) >= 11 is 1.91. The molecule has 1 heterocycles. The second-order valence-corrected chi connectivity index (χ2v) is 13.9. The molecule has 8 aromatic carbocycles. The Bertz CT molecular complexity index is 2620. The van der Waals surface area contributed by atoms with Crippen molar-refractivity contribution >= 4 is 33.3 Å². The van der Waals surface area contributed by atoms with Gasteiger partial charge in [-0.2, -0.15) is 0 Å². The second kappa shape index (κ2) is 8.88. The van der Waals surface area contributed by atoms with E-state index in [0.29, 0.717) is 0 Å². The minimum absolute atomic E-state index is 0.403. The fraction of sp³-hybridized carbons (Fsp3) is 0.0222. The molecule has 1 unspecified atom stereocenters. The molecule has 0 nitrogen and oxygen atoms in total. The van der Waals surface area contributed by atoms with Gasteiger partial charge >= 0.3 is 0 Å². The molecular formula is C45H26S. The topological polar surface area (TPSA) is 0 Å². The molecule has 212 valence electrons. The van der Waals surface area contributed by atoms with E-state index >= 15 is 0 Å². The van der Waals surface area contributed by atoms with Crippen LogP contribution in [0.1, 0.15) is 22.3 Å². The summed E-state index contributed by atoms with van der Waals surface area (Å²) < 4.78 is 0. The van der Waals surface area contributed by atoms with Crippen LogP contribution >= 0.6 is 11.8 Å². The molecule has 1 spiro atoms. The largest absolute Gasteiger partial charge is 0.0888 e. The Kier molecular flexibility index (Phi) is 4.80. The Hall–Kier alpha value is -5.37. The molecule has 1 heteroatoms. The van der Waals surface area contributed by atoms with Crippen LogP contribution in [0.2, 0.25) is 0 Å². The van der Waals surface area contributed by atoms with Crippen LogP contribution in [0.3, 0.4) is 0 Å². The third-order valence-electron chi connectivity index (χ3n) is 10.6. The van der Waals surface area contributed by atoms with Gasteiger partial charge in [0.2, 0.25) is 0 Å². The fourth-order valence-corrected chi connectivity index (χ4v) is 10.0. The lowest BCUT2D eigenvalue weighted by Crippen LogP contribution is -2.26. The van der Waals surface area contributed by atoms with Crippen molar-refractivity contribution in [3.63, 3.8) is 0 Å². The maximum Gasteiger partial charge on any atom is 0.0731 e. The maximum atomic E-state index is 2.48. The van der Waals surface area contributed by atoms with E-state index in [1.807, 2.05) is 11.8 Å². The highest BCUT2D eigenvalue weighted by Gasteiger charge is 2.52. The van der Waals surface area contributed by atoms with E-state index < -0.39 is 5.41 Å². The van der Waals surface area contributed by atoms with Crippen LogP contribution in [0.25, 0.3) is 66.1 Å². The first-order valence-electron chi connectivity index (χ1n) is 16.0. The molecule has 0 bridgehead atoms. The average Bonchev–Trinajstić information content (AvgIpc) is 3.57. The first-order valence-corrected chi connectivity index (χ1v) is 16.8. The lowest BCUT2D eigenvalue weighted by atomic mass is 9.68. The summed E-state index contributed by atoms with van der Waals surface area (Å²) in [5.41, 5.74) is 15.8. The van der Waals surface area contributed by atoms with Gasteiger partial charge < -0.3 is 0 Å². The van der Waals surface area contributed by atoms with Crippen molar-refractivity contribution in [2.45, 2.75) is 15.2 Å². The number of hydrogen-bond acceptors (Lipinski definition) is 1. The zero-order valence-electron chi connectivity index (χ0n) is 24.9. The third kappa shape index (κ3) is 3.02. The summed E-state index contributed by atoms with van der Waals surface area (Å²) in [5.74, 6) is 0. The first kappa shape index (κ1) is 24.9. The number of hydrogen-bond donors (Lipinski definition) is 0. The number of benzene rings is 8. The molecule has 0 amide bonds. The fourth-order valence-electron chi connectivity index (χ4n) is 8.86. The van der Waals surface area contributed by atoms with Crippen molar-refractivity contribution < 1.29 is 0 Å². The normalized spacial score (nSPS) is 16.3. The monoisotopic (exact) mass is 598 g/mol. The Morgan fingerprint density at radius 2 is 0.957 bits per heavy atom. The van der Waals surface area contributed by atoms with Crippen LogP contribution in [0.4, 0.5) is 0 Å². The van der Waals surface area contributed by atoms with Crippen LogP contribution < -0.4 is 0 Å². The Morgan fingerprint density at radius 3 is 1.78 bits per heavy atom. The van der Waals surface area contributed by atoms with E-state index in [1.54, 1.807) is 0 Å². The van der Waals surface area contributed by atoms with Crippen molar-refractivity contribution in [2.24, 2.45) is 0 Å². The van der Waals surface area contributed by atoms with Gasteiger partial charge in [0, 0.05) is 15.2 Å².